The Hall–Kier alpha value is -3.76. The summed E-state index contributed by atoms with van der Waals surface area (Å²) >= 11 is 0. The van der Waals surface area contributed by atoms with Crippen LogP contribution in [0.3, 0.4) is 0 Å². The minimum atomic E-state index is -0.918. The molecule has 1 unspecified atom stereocenters. The maximum Gasteiger partial charge on any atom is 0.295 e. The Bertz CT molecular complexity index is 1240. The molecule has 0 spiro atoms. The van der Waals surface area contributed by atoms with Gasteiger partial charge < -0.3 is 24.4 Å². The lowest BCUT2D eigenvalue weighted by molar-refractivity contribution is -0.908. The molecule has 2 aliphatic heterocycles. The summed E-state index contributed by atoms with van der Waals surface area (Å²) in [4.78, 5) is 40.0. The van der Waals surface area contributed by atoms with Crippen LogP contribution < -0.4 is 14.7 Å². The van der Waals surface area contributed by atoms with Crippen LogP contribution in [0.2, 0.25) is 0 Å². The number of morpholine rings is 1. The minimum Gasteiger partial charge on any atom is -0.872 e. The topological polar surface area (TPSA) is 126 Å². The SMILES string of the molecule is CCCCOc1ccc(C([O-])=C2C(=O)C(=O)N(CCC[NH+]3CCOCC3)C2c2ccc([N+](=O)[O-])cc2)cc1C. The summed E-state index contributed by atoms with van der Waals surface area (Å²) in [5, 5.41) is 24.9. The first-order valence-corrected chi connectivity index (χ1v) is 13.5. The molecule has 2 saturated heterocycles. The molecule has 1 N–H and O–H groups in total. The van der Waals surface area contributed by atoms with Crippen LogP contribution in [0.15, 0.2) is 48.0 Å². The summed E-state index contributed by atoms with van der Waals surface area (Å²) < 4.78 is 11.2. The molecule has 2 heterocycles. The smallest absolute Gasteiger partial charge is 0.295 e. The fourth-order valence-electron chi connectivity index (χ4n) is 5.07. The van der Waals surface area contributed by atoms with Crippen molar-refractivity contribution < 1.29 is 34.0 Å². The van der Waals surface area contributed by atoms with Gasteiger partial charge in [-0.05, 0) is 54.3 Å². The van der Waals surface area contributed by atoms with E-state index in [0.717, 1.165) is 38.0 Å². The number of likely N-dealkylation sites (tertiary alicyclic amines) is 1. The van der Waals surface area contributed by atoms with Crippen LogP contribution >= 0.6 is 0 Å². The summed E-state index contributed by atoms with van der Waals surface area (Å²) in [6, 6.07) is 9.75. The fraction of sp³-hybridized carbons (Fsp3) is 0.448. The van der Waals surface area contributed by atoms with Crippen molar-refractivity contribution in [2.45, 2.75) is 39.2 Å². The molecular weight excluding hydrogens is 502 g/mol. The van der Waals surface area contributed by atoms with E-state index in [9.17, 15) is 24.8 Å². The first-order chi connectivity index (χ1) is 18.8. The number of aryl methyl sites for hydroxylation is 1. The van der Waals surface area contributed by atoms with Gasteiger partial charge in [-0.3, -0.25) is 19.7 Å². The second-order valence-electron chi connectivity index (χ2n) is 9.97. The number of non-ortho nitro benzene ring substituents is 1. The van der Waals surface area contributed by atoms with E-state index >= 15 is 0 Å². The number of amides is 1. The van der Waals surface area contributed by atoms with Gasteiger partial charge in [0.1, 0.15) is 18.8 Å². The zero-order valence-electron chi connectivity index (χ0n) is 22.4. The zero-order valence-corrected chi connectivity index (χ0v) is 22.4. The van der Waals surface area contributed by atoms with Crippen LogP contribution in [0.5, 0.6) is 5.75 Å². The molecule has 0 radical (unpaired) electrons. The predicted molar refractivity (Wildman–Crippen MR) is 142 cm³/mol. The third kappa shape index (κ3) is 6.46. The Labute approximate surface area is 228 Å². The molecule has 10 heteroatoms. The molecule has 0 aliphatic carbocycles. The van der Waals surface area contributed by atoms with Gasteiger partial charge in [0.2, 0.25) is 5.78 Å². The average Bonchev–Trinajstić information content (AvgIpc) is 3.19. The highest BCUT2D eigenvalue weighted by molar-refractivity contribution is 6.46. The lowest BCUT2D eigenvalue weighted by Crippen LogP contribution is -3.14. The Morgan fingerprint density at radius 1 is 1.13 bits per heavy atom. The predicted octanol–water partition coefficient (Wildman–Crippen LogP) is 1.61. The van der Waals surface area contributed by atoms with E-state index in [1.165, 1.54) is 34.1 Å². The third-order valence-corrected chi connectivity index (χ3v) is 7.27. The molecule has 2 aromatic rings. The Morgan fingerprint density at radius 2 is 1.85 bits per heavy atom. The van der Waals surface area contributed by atoms with E-state index in [0.29, 0.717) is 37.6 Å². The van der Waals surface area contributed by atoms with E-state index in [1.807, 2.05) is 6.92 Å². The third-order valence-electron chi connectivity index (χ3n) is 7.27. The van der Waals surface area contributed by atoms with Gasteiger partial charge in [-0.2, -0.15) is 0 Å². The fourth-order valence-corrected chi connectivity index (χ4v) is 5.07. The van der Waals surface area contributed by atoms with Gasteiger partial charge in [-0.1, -0.05) is 25.2 Å². The molecule has 2 aliphatic rings. The number of nitro benzene ring substituents is 1. The molecule has 2 fully saturated rings. The van der Waals surface area contributed by atoms with Gasteiger partial charge in [-0.25, -0.2) is 0 Å². The van der Waals surface area contributed by atoms with Crippen molar-refractivity contribution >= 4 is 23.1 Å². The van der Waals surface area contributed by atoms with Crippen molar-refractivity contribution in [3.05, 3.63) is 74.8 Å². The number of Topliss-reactive ketones (excluding diaryl/α,β-unsaturated/α-hetero) is 1. The van der Waals surface area contributed by atoms with Crippen LogP contribution in [0.4, 0.5) is 5.69 Å². The number of hydrogen-bond donors (Lipinski definition) is 1. The highest BCUT2D eigenvalue weighted by atomic mass is 16.6. The van der Waals surface area contributed by atoms with Crippen LogP contribution in [0, 0.1) is 17.0 Å². The summed E-state index contributed by atoms with van der Waals surface area (Å²) in [6.07, 6.45) is 2.55. The largest absolute Gasteiger partial charge is 0.872 e. The van der Waals surface area contributed by atoms with Crippen LogP contribution in [-0.2, 0) is 14.3 Å². The molecule has 0 bridgehead atoms. The van der Waals surface area contributed by atoms with Crippen molar-refractivity contribution in [3.8, 4) is 5.75 Å². The van der Waals surface area contributed by atoms with Crippen molar-refractivity contribution in [2.75, 3.05) is 46.0 Å². The number of nitrogens with one attached hydrogen (secondary N) is 1. The number of carbonyl (C=O) groups excluding carboxylic acids is 2. The highest BCUT2D eigenvalue weighted by Gasteiger charge is 2.44. The van der Waals surface area contributed by atoms with Gasteiger partial charge in [0.15, 0.2) is 0 Å². The van der Waals surface area contributed by atoms with Crippen molar-refractivity contribution in [1.29, 1.82) is 0 Å². The maximum absolute atomic E-state index is 13.7. The van der Waals surface area contributed by atoms with Crippen molar-refractivity contribution in [2.24, 2.45) is 0 Å². The number of benzene rings is 2. The summed E-state index contributed by atoms with van der Waals surface area (Å²) in [5.74, 6) is -1.42. The Morgan fingerprint density at radius 3 is 2.49 bits per heavy atom. The van der Waals surface area contributed by atoms with Crippen LogP contribution in [0.1, 0.15) is 48.9 Å². The minimum absolute atomic E-state index is 0.112. The number of hydrogen-bond acceptors (Lipinski definition) is 7. The van der Waals surface area contributed by atoms with E-state index in [1.54, 1.807) is 18.2 Å². The molecule has 1 atom stereocenters. The Kier molecular flexibility index (Phi) is 9.32. The average molecular weight is 538 g/mol. The number of nitro groups is 1. The number of ketones is 1. The lowest BCUT2D eigenvalue weighted by Gasteiger charge is -2.29. The quantitative estimate of drug-likeness (QED) is 0.115. The number of unbranched alkanes of at least 4 members (excludes halogenated alkanes) is 1. The molecular formula is C29H35N3O7. The van der Waals surface area contributed by atoms with Gasteiger partial charge in [0.25, 0.3) is 11.6 Å². The second kappa shape index (κ2) is 12.9. The molecule has 4 rings (SSSR count). The molecule has 10 nitrogen and oxygen atoms in total. The number of ether oxygens (including phenoxy) is 2. The highest BCUT2D eigenvalue weighted by Crippen LogP contribution is 2.39. The molecule has 208 valence electrons. The van der Waals surface area contributed by atoms with Gasteiger partial charge in [0.05, 0.1) is 37.3 Å². The summed E-state index contributed by atoms with van der Waals surface area (Å²) in [6.45, 7) is 8.71. The number of quaternary nitrogens is 1. The zero-order chi connectivity index (χ0) is 27.9. The summed E-state index contributed by atoms with van der Waals surface area (Å²) in [7, 11) is 0. The van der Waals surface area contributed by atoms with E-state index in [-0.39, 0.29) is 23.4 Å². The second-order valence-corrected chi connectivity index (χ2v) is 9.97. The van der Waals surface area contributed by atoms with Crippen molar-refractivity contribution in [1.82, 2.24) is 4.90 Å². The van der Waals surface area contributed by atoms with Gasteiger partial charge >= 0.3 is 0 Å². The number of rotatable bonds is 11. The number of nitrogens with zero attached hydrogens (tertiary/aromatic N) is 2. The van der Waals surface area contributed by atoms with Crippen LogP contribution in [-0.4, -0.2) is 67.5 Å². The number of carbonyl (C=O) groups is 2. The summed E-state index contributed by atoms with van der Waals surface area (Å²) in [5.41, 5.74) is 1.29. The molecule has 1 amide bonds. The van der Waals surface area contributed by atoms with E-state index < -0.39 is 28.4 Å². The van der Waals surface area contributed by atoms with Crippen LogP contribution in [0.25, 0.3) is 5.76 Å². The van der Waals surface area contributed by atoms with E-state index in [2.05, 4.69) is 6.92 Å². The molecule has 2 aromatic carbocycles. The first-order valence-electron chi connectivity index (χ1n) is 13.5. The molecule has 0 saturated carbocycles. The monoisotopic (exact) mass is 537 g/mol. The van der Waals surface area contributed by atoms with Crippen molar-refractivity contribution in [3.63, 3.8) is 0 Å². The Balaban J connectivity index is 1.66. The lowest BCUT2D eigenvalue weighted by atomic mass is 9.94. The maximum atomic E-state index is 13.7. The van der Waals surface area contributed by atoms with Gasteiger partial charge in [0, 0.05) is 30.7 Å². The standard InChI is InChI=1S/C29H35N3O7/c1-3-4-16-39-24-11-8-22(19-20(24)2)27(33)25-26(21-6-9-23(10-7-21)32(36)37)31(29(35)28(25)34)13-5-12-30-14-17-38-18-15-30/h6-11,19,26,33H,3-5,12-18H2,1-2H3. The first kappa shape index (κ1) is 28.3. The van der Waals surface area contributed by atoms with E-state index in [4.69, 9.17) is 9.47 Å². The molecule has 39 heavy (non-hydrogen) atoms. The van der Waals surface area contributed by atoms with Gasteiger partial charge in [-0.15, -0.1) is 0 Å². The molecule has 0 aromatic heterocycles. The normalized spacial score (nSPS) is 19.4.